The molecule has 4 rings (SSSR count). The lowest BCUT2D eigenvalue weighted by atomic mass is 9.97. The molecule has 6 heteroatoms. The Balaban J connectivity index is 1.41. The fourth-order valence-electron chi connectivity index (χ4n) is 3.62. The van der Waals surface area contributed by atoms with E-state index in [1.165, 1.54) is 18.4 Å². The molecule has 0 spiro atoms. The molecular formula is C24H23ClN2O3. The molecule has 0 radical (unpaired) electrons. The van der Waals surface area contributed by atoms with Crippen LogP contribution in [0.25, 0.3) is 6.08 Å². The van der Waals surface area contributed by atoms with Crippen LogP contribution in [0.2, 0.25) is 5.02 Å². The Labute approximate surface area is 180 Å². The summed E-state index contributed by atoms with van der Waals surface area (Å²) in [5.74, 6) is 0.127. The lowest BCUT2D eigenvalue weighted by Gasteiger charge is -2.20. The summed E-state index contributed by atoms with van der Waals surface area (Å²) in [7, 11) is 0. The molecule has 0 fully saturated rings. The summed E-state index contributed by atoms with van der Waals surface area (Å²) in [6, 6.07) is 12.2. The zero-order valence-corrected chi connectivity index (χ0v) is 17.3. The average Bonchev–Trinajstić information content (AvgIpc) is 2.75. The molecule has 154 valence electrons. The molecule has 2 aromatic carbocycles. The Bertz CT molecular complexity index is 1040. The van der Waals surface area contributed by atoms with Gasteiger partial charge in [-0.25, -0.2) is 0 Å². The molecule has 2 N–H and O–H groups in total. The average molecular weight is 423 g/mol. The Morgan fingerprint density at radius 3 is 2.90 bits per heavy atom. The largest absolute Gasteiger partial charge is 0.449 e. The summed E-state index contributed by atoms with van der Waals surface area (Å²) in [4.78, 5) is 24.9. The number of nitrogens with one attached hydrogen (secondary N) is 2. The summed E-state index contributed by atoms with van der Waals surface area (Å²) in [6.45, 7) is 0.608. The summed E-state index contributed by atoms with van der Waals surface area (Å²) < 4.78 is 5.75. The maximum absolute atomic E-state index is 12.5. The highest BCUT2D eigenvalue weighted by Crippen LogP contribution is 2.32. The molecule has 2 aromatic rings. The lowest BCUT2D eigenvalue weighted by molar-refractivity contribution is -0.115. The molecule has 0 atom stereocenters. The van der Waals surface area contributed by atoms with Crippen LogP contribution in [0.4, 0.5) is 5.69 Å². The van der Waals surface area contributed by atoms with E-state index in [9.17, 15) is 9.59 Å². The van der Waals surface area contributed by atoms with Crippen molar-refractivity contribution in [1.29, 1.82) is 0 Å². The predicted molar refractivity (Wildman–Crippen MR) is 119 cm³/mol. The Kier molecular flexibility index (Phi) is 6.19. The molecule has 0 aromatic heterocycles. The molecule has 0 saturated heterocycles. The minimum absolute atomic E-state index is 0.163. The molecule has 2 amide bonds. The first-order chi connectivity index (χ1) is 14.6. The normalized spacial score (nSPS) is 16.9. The quantitative estimate of drug-likeness (QED) is 0.505. The SMILES string of the molecule is O=C1Nc2cc(C(=O)NCCC3=CCCCC3)ccc2OC1=Cc1cccc(Cl)c1. The molecule has 0 saturated carbocycles. The van der Waals surface area contributed by atoms with Gasteiger partial charge in [-0.3, -0.25) is 9.59 Å². The topological polar surface area (TPSA) is 67.4 Å². The van der Waals surface area contributed by atoms with Crippen molar-refractivity contribution in [2.75, 3.05) is 11.9 Å². The van der Waals surface area contributed by atoms with Crippen molar-refractivity contribution >= 4 is 35.2 Å². The van der Waals surface area contributed by atoms with Crippen LogP contribution in [0.1, 0.15) is 48.0 Å². The number of halogens is 1. The molecule has 0 bridgehead atoms. The maximum Gasteiger partial charge on any atom is 0.291 e. The third-order valence-corrected chi connectivity index (χ3v) is 5.43. The Hall–Kier alpha value is -3.05. The third kappa shape index (κ3) is 4.92. The number of carbonyl (C=O) groups is 2. The van der Waals surface area contributed by atoms with E-state index in [0.717, 1.165) is 24.8 Å². The van der Waals surface area contributed by atoms with Gasteiger partial charge >= 0.3 is 0 Å². The van der Waals surface area contributed by atoms with Crippen LogP contribution >= 0.6 is 11.6 Å². The lowest BCUT2D eigenvalue weighted by Crippen LogP contribution is -2.26. The number of rotatable bonds is 5. The smallest absolute Gasteiger partial charge is 0.291 e. The van der Waals surface area contributed by atoms with Crippen LogP contribution in [0.3, 0.4) is 0 Å². The summed E-state index contributed by atoms with van der Waals surface area (Å²) in [5, 5.41) is 6.33. The van der Waals surface area contributed by atoms with Crippen LogP contribution in [-0.4, -0.2) is 18.4 Å². The van der Waals surface area contributed by atoms with Crippen molar-refractivity contribution in [1.82, 2.24) is 5.32 Å². The first kappa shape index (κ1) is 20.2. The van der Waals surface area contributed by atoms with E-state index in [1.807, 2.05) is 6.07 Å². The van der Waals surface area contributed by atoms with Crippen molar-refractivity contribution in [3.8, 4) is 5.75 Å². The van der Waals surface area contributed by atoms with Crippen molar-refractivity contribution < 1.29 is 14.3 Å². The van der Waals surface area contributed by atoms with Gasteiger partial charge in [0, 0.05) is 17.1 Å². The minimum Gasteiger partial charge on any atom is -0.449 e. The highest BCUT2D eigenvalue weighted by Gasteiger charge is 2.23. The van der Waals surface area contributed by atoms with Gasteiger partial charge in [0.1, 0.15) is 0 Å². The van der Waals surface area contributed by atoms with Crippen molar-refractivity contribution in [3.63, 3.8) is 0 Å². The molecule has 30 heavy (non-hydrogen) atoms. The predicted octanol–water partition coefficient (Wildman–Crippen LogP) is 5.33. The number of anilines is 1. The highest BCUT2D eigenvalue weighted by atomic mass is 35.5. The van der Waals surface area contributed by atoms with Gasteiger partial charge in [0.25, 0.3) is 11.8 Å². The molecule has 2 aliphatic rings. The Morgan fingerprint density at radius 1 is 1.20 bits per heavy atom. The van der Waals surface area contributed by atoms with Crippen molar-refractivity contribution in [2.45, 2.75) is 32.1 Å². The fourth-order valence-corrected chi connectivity index (χ4v) is 3.82. The van der Waals surface area contributed by atoms with Gasteiger partial charge in [-0.05, 0) is 74.1 Å². The number of hydrogen-bond donors (Lipinski definition) is 2. The number of carbonyl (C=O) groups excluding carboxylic acids is 2. The first-order valence-corrected chi connectivity index (χ1v) is 10.5. The van der Waals surface area contributed by atoms with E-state index in [1.54, 1.807) is 42.5 Å². The molecule has 5 nitrogen and oxygen atoms in total. The summed E-state index contributed by atoms with van der Waals surface area (Å²) in [6.07, 6.45) is 9.56. The van der Waals surface area contributed by atoms with Crippen LogP contribution in [0.15, 0.2) is 59.9 Å². The van der Waals surface area contributed by atoms with Gasteiger partial charge in [-0.1, -0.05) is 35.4 Å². The second kappa shape index (κ2) is 9.18. The van der Waals surface area contributed by atoms with E-state index in [-0.39, 0.29) is 17.6 Å². The van der Waals surface area contributed by atoms with Crippen molar-refractivity contribution in [3.05, 3.63) is 76.0 Å². The van der Waals surface area contributed by atoms with E-state index in [4.69, 9.17) is 16.3 Å². The Morgan fingerprint density at radius 2 is 2.10 bits per heavy atom. The number of allylic oxidation sites excluding steroid dienone is 1. The summed E-state index contributed by atoms with van der Waals surface area (Å²) >= 11 is 6.00. The van der Waals surface area contributed by atoms with Gasteiger partial charge in [0.15, 0.2) is 11.5 Å². The standard InChI is InChI=1S/C24H23ClN2O3/c25-19-8-4-7-17(13-19)14-22-24(29)27-20-15-18(9-10-21(20)30-22)23(28)26-12-11-16-5-2-1-3-6-16/h4-5,7-10,13-15H,1-3,6,11-12H2,(H,26,28)(H,27,29). The van der Waals surface area contributed by atoms with E-state index in [0.29, 0.717) is 28.6 Å². The van der Waals surface area contributed by atoms with Gasteiger partial charge in [0.05, 0.1) is 5.69 Å². The molecule has 1 aliphatic carbocycles. The van der Waals surface area contributed by atoms with Crippen LogP contribution in [-0.2, 0) is 4.79 Å². The highest BCUT2D eigenvalue weighted by molar-refractivity contribution is 6.30. The number of benzene rings is 2. The molecule has 1 heterocycles. The molecule has 1 aliphatic heterocycles. The summed E-state index contributed by atoms with van der Waals surface area (Å²) in [5.41, 5.74) is 3.15. The second-order valence-electron chi connectivity index (χ2n) is 7.44. The van der Waals surface area contributed by atoms with E-state index >= 15 is 0 Å². The zero-order chi connectivity index (χ0) is 20.9. The van der Waals surface area contributed by atoms with Crippen molar-refractivity contribution in [2.24, 2.45) is 0 Å². The number of amides is 2. The minimum atomic E-state index is -0.371. The number of ether oxygens (including phenoxy) is 1. The molecule has 0 unspecified atom stereocenters. The van der Waals surface area contributed by atoms with Gasteiger partial charge < -0.3 is 15.4 Å². The van der Waals surface area contributed by atoms with Crippen LogP contribution in [0.5, 0.6) is 5.75 Å². The number of hydrogen-bond acceptors (Lipinski definition) is 3. The van der Waals surface area contributed by atoms with E-state index in [2.05, 4.69) is 16.7 Å². The maximum atomic E-state index is 12.5. The van der Waals surface area contributed by atoms with Gasteiger partial charge in [0.2, 0.25) is 0 Å². The molecular weight excluding hydrogens is 400 g/mol. The monoisotopic (exact) mass is 422 g/mol. The van der Waals surface area contributed by atoms with Gasteiger partial charge in [-0.2, -0.15) is 0 Å². The number of fused-ring (bicyclic) bond motifs is 1. The van der Waals surface area contributed by atoms with E-state index < -0.39 is 0 Å². The zero-order valence-electron chi connectivity index (χ0n) is 16.5. The fraction of sp³-hybridized carbons (Fsp3) is 0.250. The third-order valence-electron chi connectivity index (χ3n) is 5.20. The van der Waals surface area contributed by atoms with Gasteiger partial charge in [-0.15, -0.1) is 0 Å². The first-order valence-electron chi connectivity index (χ1n) is 10.1. The van der Waals surface area contributed by atoms with Crippen LogP contribution in [0, 0.1) is 0 Å². The van der Waals surface area contributed by atoms with Crippen LogP contribution < -0.4 is 15.4 Å². The second-order valence-corrected chi connectivity index (χ2v) is 7.88.